The molecule has 2 aliphatic rings. The van der Waals surface area contributed by atoms with Crippen LogP contribution in [-0.2, 0) is 11.0 Å². The minimum absolute atomic E-state index is 0.357. The zero-order valence-corrected chi connectivity index (χ0v) is 31.9. The molecule has 5 heteroatoms. The van der Waals surface area contributed by atoms with Crippen LogP contribution in [0.1, 0.15) is 41.7 Å². The number of methoxy groups -OCH3 is 4. The summed E-state index contributed by atoms with van der Waals surface area (Å²) >= 11 is 0. The summed E-state index contributed by atoms with van der Waals surface area (Å²) in [5.41, 5.74) is 11.4. The van der Waals surface area contributed by atoms with E-state index < -0.39 is 5.60 Å². The second-order valence-corrected chi connectivity index (χ2v) is 14.7. The lowest BCUT2D eigenvalue weighted by atomic mass is 9.76. The lowest BCUT2D eigenvalue weighted by molar-refractivity contribution is 0.163. The van der Waals surface area contributed by atoms with Crippen molar-refractivity contribution in [2.24, 2.45) is 0 Å². The second kappa shape index (κ2) is 13.1. The van der Waals surface area contributed by atoms with Gasteiger partial charge in [0.25, 0.3) is 0 Å². The number of hydrogen-bond acceptors (Lipinski definition) is 5. The summed E-state index contributed by atoms with van der Waals surface area (Å²) in [5.74, 6) is 3.66. The maximum Gasteiger partial charge on any atom is 0.178 e. The molecule has 7 aromatic rings. The maximum atomic E-state index is 7.52. The van der Waals surface area contributed by atoms with Crippen molar-refractivity contribution < 1.29 is 23.7 Å². The molecule has 0 aromatic heterocycles. The first-order valence-corrected chi connectivity index (χ1v) is 18.5. The van der Waals surface area contributed by atoms with Crippen LogP contribution in [0.5, 0.6) is 28.7 Å². The molecule has 272 valence electrons. The zero-order valence-electron chi connectivity index (χ0n) is 31.9. The monoisotopic (exact) mass is 722 g/mol. The predicted octanol–water partition coefficient (Wildman–Crippen LogP) is 11.9. The van der Waals surface area contributed by atoms with Crippen LogP contribution < -0.4 is 23.7 Å². The molecule has 7 aromatic carbocycles. The lowest BCUT2D eigenvalue weighted by Gasteiger charge is -2.38. The Bertz CT molecular complexity index is 2550. The third kappa shape index (κ3) is 5.37. The molecule has 1 aliphatic heterocycles. The van der Waals surface area contributed by atoms with E-state index in [0.717, 1.165) is 44.7 Å². The first-order chi connectivity index (χ1) is 26.8. The van der Waals surface area contributed by atoms with E-state index in [1.165, 1.54) is 44.5 Å². The van der Waals surface area contributed by atoms with E-state index in [0.29, 0.717) is 11.5 Å². The molecule has 1 heterocycles. The van der Waals surface area contributed by atoms with Crippen molar-refractivity contribution >= 4 is 16.8 Å². The minimum Gasteiger partial charge on any atom is -0.497 e. The second-order valence-electron chi connectivity index (χ2n) is 14.7. The first kappa shape index (κ1) is 34.3. The van der Waals surface area contributed by atoms with Crippen molar-refractivity contribution in [3.8, 4) is 62.1 Å². The van der Waals surface area contributed by atoms with E-state index in [2.05, 4.69) is 135 Å². The fourth-order valence-electron chi connectivity index (χ4n) is 8.63. The SMILES string of the molecule is COc1ccc(C2(c3ccc(OC)cc3)C=Cc3c4c(c5cc(OC)c(OC)cc5c3O2)-c2ccc(-c3ccc(-c5ccccc5)cc3)cc2C4(C)C)cc1. The van der Waals surface area contributed by atoms with Crippen molar-refractivity contribution in [2.45, 2.75) is 24.9 Å². The lowest BCUT2D eigenvalue weighted by Crippen LogP contribution is -2.35. The predicted molar refractivity (Wildman–Crippen MR) is 222 cm³/mol. The molecule has 55 heavy (non-hydrogen) atoms. The van der Waals surface area contributed by atoms with Gasteiger partial charge in [-0.25, -0.2) is 0 Å². The topological polar surface area (TPSA) is 46.2 Å². The summed E-state index contributed by atoms with van der Waals surface area (Å²) in [5, 5.41) is 2.00. The van der Waals surface area contributed by atoms with Crippen LogP contribution in [0.4, 0.5) is 0 Å². The molecule has 1 aliphatic carbocycles. The molecule has 0 radical (unpaired) electrons. The summed E-state index contributed by atoms with van der Waals surface area (Å²) in [6, 6.07) is 46.7. The molecule has 9 rings (SSSR count). The Labute approximate surface area is 322 Å². The van der Waals surface area contributed by atoms with Crippen molar-refractivity contribution in [3.63, 3.8) is 0 Å². The maximum absolute atomic E-state index is 7.52. The van der Waals surface area contributed by atoms with Gasteiger partial charge in [0.05, 0.1) is 28.4 Å². The molecule has 0 spiro atoms. The average molecular weight is 723 g/mol. The van der Waals surface area contributed by atoms with Gasteiger partial charge in [0.1, 0.15) is 17.2 Å². The zero-order chi connectivity index (χ0) is 37.9. The number of benzene rings is 7. The molecule has 0 unspecified atom stereocenters. The Morgan fingerprint density at radius 2 is 1.04 bits per heavy atom. The normalized spacial score (nSPS) is 14.4. The van der Waals surface area contributed by atoms with Crippen LogP contribution in [0.3, 0.4) is 0 Å². The van der Waals surface area contributed by atoms with Gasteiger partial charge in [-0.15, -0.1) is 0 Å². The van der Waals surface area contributed by atoms with Crippen LogP contribution in [0.15, 0.2) is 140 Å². The molecule has 0 saturated carbocycles. The largest absolute Gasteiger partial charge is 0.497 e. The summed E-state index contributed by atoms with van der Waals surface area (Å²) < 4.78 is 30.5. The van der Waals surface area contributed by atoms with E-state index in [9.17, 15) is 0 Å². The third-order valence-electron chi connectivity index (χ3n) is 11.5. The van der Waals surface area contributed by atoms with Crippen LogP contribution >= 0.6 is 0 Å². The quantitative estimate of drug-likeness (QED) is 0.156. The van der Waals surface area contributed by atoms with Gasteiger partial charge >= 0.3 is 0 Å². The number of rotatable bonds is 8. The summed E-state index contributed by atoms with van der Waals surface area (Å²) in [4.78, 5) is 0. The summed E-state index contributed by atoms with van der Waals surface area (Å²) in [6.45, 7) is 4.66. The molecule has 0 fully saturated rings. The Kier molecular flexibility index (Phi) is 8.20. The Balaban J connectivity index is 1.25. The molecule has 0 amide bonds. The van der Waals surface area contributed by atoms with E-state index in [1.54, 1.807) is 28.4 Å². The van der Waals surface area contributed by atoms with E-state index in [4.69, 9.17) is 23.7 Å². The standard InChI is InChI=1S/C50H42O5/c1-49(2)43-28-34(33-14-12-32(13-15-33)31-10-8-7-9-11-31)16-25-39(43)46-41-29-44(53-5)45(54-6)30-42(41)48-40(47(46)49)26-27-50(55-48,35-17-21-37(51-3)22-18-35)36-19-23-38(52-4)24-20-36/h7-30H,1-6H3. The smallest absolute Gasteiger partial charge is 0.178 e. The molecule has 5 nitrogen and oxygen atoms in total. The van der Waals surface area contributed by atoms with Crippen LogP contribution in [0.2, 0.25) is 0 Å². The number of hydrogen-bond donors (Lipinski definition) is 0. The van der Waals surface area contributed by atoms with Gasteiger partial charge in [-0.2, -0.15) is 0 Å². The van der Waals surface area contributed by atoms with Crippen LogP contribution in [0, 0.1) is 0 Å². The van der Waals surface area contributed by atoms with Gasteiger partial charge in [-0.3, -0.25) is 0 Å². The summed E-state index contributed by atoms with van der Waals surface area (Å²) in [6.07, 6.45) is 4.46. The minimum atomic E-state index is -0.950. The highest BCUT2D eigenvalue weighted by atomic mass is 16.5. The van der Waals surface area contributed by atoms with Gasteiger partial charge in [0.15, 0.2) is 17.1 Å². The van der Waals surface area contributed by atoms with Gasteiger partial charge in [0, 0.05) is 27.5 Å². The molecule has 0 atom stereocenters. The molecule has 0 saturated heterocycles. The molecule has 0 bridgehead atoms. The fraction of sp³-hybridized carbons (Fsp3) is 0.160. The number of fused-ring (bicyclic) bond motifs is 8. The van der Waals surface area contributed by atoms with Gasteiger partial charge in [-0.05, 0) is 98.4 Å². The van der Waals surface area contributed by atoms with E-state index >= 15 is 0 Å². The van der Waals surface area contributed by atoms with Crippen LogP contribution in [0.25, 0.3) is 50.2 Å². The molecular formula is C50H42O5. The van der Waals surface area contributed by atoms with Gasteiger partial charge in [-0.1, -0.05) is 111 Å². The van der Waals surface area contributed by atoms with E-state index in [-0.39, 0.29) is 5.41 Å². The van der Waals surface area contributed by atoms with Gasteiger partial charge in [0.2, 0.25) is 0 Å². The highest BCUT2D eigenvalue weighted by molar-refractivity contribution is 6.10. The molecular weight excluding hydrogens is 681 g/mol. The molecule has 0 N–H and O–H groups in total. The highest BCUT2D eigenvalue weighted by Crippen LogP contribution is 2.59. The number of ether oxygens (including phenoxy) is 5. The average Bonchev–Trinajstić information content (AvgIpc) is 3.49. The van der Waals surface area contributed by atoms with E-state index in [1.807, 2.05) is 24.3 Å². The van der Waals surface area contributed by atoms with Crippen molar-refractivity contribution in [3.05, 3.63) is 167 Å². The van der Waals surface area contributed by atoms with Crippen molar-refractivity contribution in [1.82, 2.24) is 0 Å². The van der Waals surface area contributed by atoms with Crippen LogP contribution in [-0.4, -0.2) is 28.4 Å². The van der Waals surface area contributed by atoms with Gasteiger partial charge < -0.3 is 23.7 Å². The Hall–Kier alpha value is -6.46. The summed E-state index contributed by atoms with van der Waals surface area (Å²) in [7, 11) is 6.73. The highest BCUT2D eigenvalue weighted by Gasteiger charge is 2.44. The fourth-order valence-corrected chi connectivity index (χ4v) is 8.63. The Morgan fingerprint density at radius 1 is 0.509 bits per heavy atom. The third-order valence-corrected chi connectivity index (χ3v) is 11.5. The van der Waals surface area contributed by atoms with Crippen molar-refractivity contribution in [2.75, 3.05) is 28.4 Å². The Morgan fingerprint density at radius 3 is 1.60 bits per heavy atom. The first-order valence-electron chi connectivity index (χ1n) is 18.5. The van der Waals surface area contributed by atoms with Crippen molar-refractivity contribution in [1.29, 1.82) is 0 Å².